The zero-order valence-electron chi connectivity index (χ0n) is 20.2. The van der Waals surface area contributed by atoms with E-state index >= 15 is 0 Å². The van der Waals surface area contributed by atoms with Crippen LogP contribution in [0.2, 0.25) is 0 Å². The van der Waals surface area contributed by atoms with E-state index in [0.29, 0.717) is 19.3 Å². The first-order valence-corrected chi connectivity index (χ1v) is 14.1. The maximum absolute atomic E-state index is 10.5. The van der Waals surface area contributed by atoms with Gasteiger partial charge in [0.05, 0.1) is 16.2 Å². The molecule has 0 aliphatic rings. The predicted molar refractivity (Wildman–Crippen MR) is 123 cm³/mol. The van der Waals surface area contributed by atoms with Crippen molar-refractivity contribution in [2.24, 2.45) is 0 Å². The van der Waals surface area contributed by atoms with Crippen LogP contribution in [0, 0.1) is 0 Å². The number of aliphatic hydroxyl groups excluding tert-OH is 1. The minimum Gasteiger partial charge on any atom is -0.748 e. The molecule has 176 valence electrons. The van der Waals surface area contributed by atoms with Gasteiger partial charge in [-0.25, -0.2) is 8.42 Å². The van der Waals surface area contributed by atoms with Crippen LogP contribution >= 0.6 is 0 Å². The van der Waals surface area contributed by atoms with E-state index in [-0.39, 0.29) is 41.4 Å². The minimum atomic E-state index is -4.10. The van der Waals surface area contributed by atoms with Crippen LogP contribution in [-0.2, 0) is 10.1 Å². The first kappa shape index (κ1) is 33.0. The monoisotopic (exact) mass is 456 g/mol. The van der Waals surface area contributed by atoms with E-state index in [1.54, 1.807) is 0 Å². The van der Waals surface area contributed by atoms with Gasteiger partial charge in [-0.15, -0.1) is 0 Å². The molecule has 4 nitrogen and oxygen atoms in total. The average molecular weight is 457 g/mol. The first-order valence-electron chi connectivity index (χ1n) is 12.6. The Labute approximate surface area is 210 Å². The number of rotatable bonds is 23. The van der Waals surface area contributed by atoms with Gasteiger partial charge < -0.3 is 9.66 Å². The quantitative estimate of drug-likeness (QED) is 0.143. The van der Waals surface area contributed by atoms with Gasteiger partial charge in [0.2, 0.25) is 0 Å². The van der Waals surface area contributed by atoms with Crippen molar-refractivity contribution >= 4 is 10.1 Å². The zero-order chi connectivity index (χ0) is 21.6. The van der Waals surface area contributed by atoms with E-state index in [0.717, 1.165) is 12.8 Å². The Kier molecular flexibility index (Phi) is 27.0. The van der Waals surface area contributed by atoms with Crippen molar-refractivity contribution < 1.29 is 47.6 Å². The van der Waals surface area contributed by atoms with Crippen molar-refractivity contribution in [2.75, 3.05) is 5.75 Å². The molecular weight excluding hydrogens is 407 g/mol. The van der Waals surface area contributed by atoms with E-state index in [1.807, 2.05) is 0 Å². The molecule has 0 rings (SSSR count). The molecule has 0 spiro atoms. The molecule has 0 amide bonds. The van der Waals surface area contributed by atoms with Gasteiger partial charge in [0, 0.05) is 5.75 Å². The van der Waals surface area contributed by atoms with Crippen LogP contribution in [0.3, 0.4) is 0 Å². The molecule has 0 saturated carbocycles. The molecule has 0 aromatic rings. The summed E-state index contributed by atoms with van der Waals surface area (Å²) < 4.78 is 31.5. The third-order valence-corrected chi connectivity index (χ3v) is 6.61. The van der Waals surface area contributed by atoms with E-state index in [2.05, 4.69) is 6.92 Å². The summed E-state index contributed by atoms with van der Waals surface area (Å²) in [7, 11) is -4.10. The third-order valence-electron chi connectivity index (χ3n) is 5.82. The fourth-order valence-corrected chi connectivity index (χ4v) is 4.47. The van der Waals surface area contributed by atoms with Crippen molar-refractivity contribution in [3.05, 3.63) is 0 Å². The topological polar surface area (TPSA) is 77.4 Å². The van der Waals surface area contributed by atoms with Gasteiger partial charge in [-0.1, -0.05) is 116 Å². The molecule has 0 aromatic heterocycles. The normalized spacial score (nSPS) is 12.6. The Morgan fingerprint density at radius 2 is 0.900 bits per heavy atom. The molecular formula is C24H49NaO4S. The second-order valence-corrected chi connectivity index (χ2v) is 10.4. The van der Waals surface area contributed by atoms with Crippen LogP contribution in [-0.4, -0.2) is 29.9 Å². The smallest absolute Gasteiger partial charge is 0.748 e. The van der Waals surface area contributed by atoms with Crippen molar-refractivity contribution in [2.45, 2.75) is 148 Å². The number of aliphatic hydroxyl groups is 1. The Morgan fingerprint density at radius 3 is 1.23 bits per heavy atom. The summed E-state index contributed by atoms with van der Waals surface area (Å²) >= 11 is 0. The molecule has 1 unspecified atom stereocenters. The summed E-state index contributed by atoms with van der Waals surface area (Å²) in [6, 6.07) is 0. The number of hydrogen-bond donors (Lipinski definition) is 1. The maximum Gasteiger partial charge on any atom is 1.00 e. The Hall–Kier alpha value is 0.870. The van der Waals surface area contributed by atoms with E-state index in [1.165, 1.54) is 103 Å². The molecule has 6 heteroatoms. The fraction of sp³-hybridized carbons (Fsp3) is 1.00. The molecule has 0 fully saturated rings. The molecule has 0 aromatic carbocycles. The molecule has 0 saturated heterocycles. The molecule has 0 radical (unpaired) electrons. The fourth-order valence-electron chi connectivity index (χ4n) is 3.91. The summed E-state index contributed by atoms with van der Waals surface area (Å²) in [4.78, 5) is 0. The van der Waals surface area contributed by atoms with E-state index in [9.17, 15) is 18.1 Å². The molecule has 0 aliphatic heterocycles. The van der Waals surface area contributed by atoms with Gasteiger partial charge in [0.15, 0.2) is 0 Å². The summed E-state index contributed by atoms with van der Waals surface area (Å²) in [5, 5.41) is 9.88. The molecule has 0 bridgehead atoms. The van der Waals surface area contributed by atoms with Crippen LogP contribution in [0.4, 0.5) is 0 Å². The molecule has 0 heterocycles. The standard InChI is InChI=1S/C24H50O4S.Na/c1-2-3-4-5-6-7-8-9-10-11-12-13-14-15-16-17-18-21-24(25)22-19-20-23-29(26,27)28;/h24-25H,2-23H2,1H3,(H,26,27,28);/q;+1/p-1. The summed E-state index contributed by atoms with van der Waals surface area (Å²) in [6.07, 6.45) is 25.0. The van der Waals surface area contributed by atoms with Crippen LogP contribution < -0.4 is 29.6 Å². The SMILES string of the molecule is CCCCCCCCCCCCCCCCCCCC(O)CCCCS(=O)(=O)[O-].[Na+]. The van der Waals surface area contributed by atoms with Gasteiger partial charge in [-0.3, -0.25) is 0 Å². The van der Waals surface area contributed by atoms with E-state index in [4.69, 9.17) is 0 Å². The predicted octanol–water partition coefficient (Wildman–Crippen LogP) is 4.11. The summed E-state index contributed by atoms with van der Waals surface area (Å²) in [5.74, 6) is -0.307. The number of hydrogen-bond acceptors (Lipinski definition) is 4. The van der Waals surface area contributed by atoms with Crippen LogP contribution in [0.25, 0.3) is 0 Å². The van der Waals surface area contributed by atoms with Gasteiger partial charge in [0.1, 0.15) is 0 Å². The largest absolute Gasteiger partial charge is 1.00 e. The van der Waals surface area contributed by atoms with E-state index < -0.39 is 10.1 Å². The van der Waals surface area contributed by atoms with Crippen molar-refractivity contribution in [1.82, 2.24) is 0 Å². The Balaban J connectivity index is 0. The molecule has 1 atom stereocenters. The molecule has 0 aliphatic carbocycles. The van der Waals surface area contributed by atoms with Crippen molar-refractivity contribution in [1.29, 1.82) is 0 Å². The van der Waals surface area contributed by atoms with Crippen molar-refractivity contribution in [3.8, 4) is 0 Å². The Morgan fingerprint density at radius 1 is 0.600 bits per heavy atom. The first-order chi connectivity index (χ1) is 14.0. The molecule has 30 heavy (non-hydrogen) atoms. The minimum absolute atomic E-state index is 0. The van der Waals surface area contributed by atoms with Crippen LogP contribution in [0.1, 0.15) is 142 Å². The average Bonchev–Trinajstić information content (AvgIpc) is 2.67. The molecule has 1 N–H and O–H groups in total. The summed E-state index contributed by atoms with van der Waals surface area (Å²) in [5.41, 5.74) is 0. The van der Waals surface area contributed by atoms with Gasteiger partial charge >= 0.3 is 29.6 Å². The van der Waals surface area contributed by atoms with Gasteiger partial charge in [-0.2, -0.15) is 0 Å². The second-order valence-electron chi connectivity index (χ2n) is 8.86. The summed E-state index contributed by atoms with van der Waals surface area (Å²) in [6.45, 7) is 2.27. The van der Waals surface area contributed by atoms with Gasteiger partial charge in [-0.05, 0) is 25.7 Å². The number of unbranched alkanes of at least 4 members (excludes halogenated alkanes) is 17. The van der Waals surface area contributed by atoms with Crippen LogP contribution in [0.5, 0.6) is 0 Å². The van der Waals surface area contributed by atoms with Crippen molar-refractivity contribution in [3.63, 3.8) is 0 Å². The zero-order valence-corrected chi connectivity index (χ0v) is 23.0. The Bertz CT molecular complexity index is 429. The van der Waals surface area contributed by atoms with Crippen LogP contribution in [0.15, 0.2) is 0 Å². The van der Waals surface area contributed by atoms with Gasteiger partial charge in [0.25, 0.3) is 0 Å². The maximum atomic E-state index is 10.5. The third kappa shape index (κ3) is 28.9. The second kappa shape index (κ2) is 24.5.